The number of rotatable bonds is 6. The van der Waals surface area contributed by atoms with Crippen molar-refractivity contribution in [1.29, 1.82) is 5.26 Å². The van der Waals surface area contributed by atoms with Crippen molar-refractivity contribution in [3.63, 3.8) is 0 Å². The summed E-state index contributed by atoms with van der Waals surface area (Å²) in [6.07, 6.45) is 0. The molecule has 2 rings (SSSR count). The monoisotopic (exact) mass is 296 g/mol. The molecule has 0 heterocycles. The number of hydrogen-bond acceptors (Lipinski definition) is 4. The number of hydrogen-bond donors (Lipinski definition) is 2. The van der Waals surface area contributed by atoms with Crippen molar-refractivity contribution in [2.24, 2.45) is 0 Å². The number of carbonyl (C=O) groups excluding carboxylic acids is 1. The molecule has 0 atom stereocenters. The van der Waals surface area contributed by atoms with Crippen LogP contribution >= 0.6 is 0 Å². The highest BCUT2D eigenvalue weighted by molar-refractivity contribution is 5.94. The molecule has 0 spiro atoms. The highest BCUT2D eigenvalue weighted by atomic mass is 16.5. The molecule has 0 aliphatic carbocycles. The van der Waals surface area contributed by atoms with Crippen LogP contribution in [0.2, 0.25) is 0 Å². The van der Waals surface area contributed by atoms with Gasteiger partial charge in [-0.3, -0.25) is 4.79 Å². The van der Waals surface area contributed by atoms with Crippen LogP contribution in [-0.2, 0) is 6.61 Å². The van der Waals surface area contributed by atoms with Crippen LogP contribution in [0.25, 0.3) is 0 Å². The normalized spacial score (nSPS) is 9.82. The molecule has 2 aromatic carbocycles. The third-order valence-electron chi connectivity index (χ3n) is 3.05. The van der Waals surface area contributed by atoms with Crippen LogP contribution in [-0.4, -0.2) is 24.2 Å². The molecule has 0 saturated carbocycles. The van der Waals surface area contributed by atoms with Gasteiger partial charge in [-0.25, -0.2) is 0 Å². The fourth-order valence-corrected chi connectivity index (χ4v) is 1.89. The second-order valence-electron chi connectivity index (χ2n) is 4.56. The maximum atomic E-state index is 11.7. The van der Waals surface area contributed by atoms with Crippen LogP contribution in [0.5, 0.6) is 5.75 Å². The van der Waals surface area contributed by atoms with Crippen LogP contribution < -0.4 is 10.1 Å². The molecular weight excluding hydrogens is 280 g/mol. The summed E-state index contributed by atoms with van der Waals surface area (Å²) in [5.74, 6) is 0.377. The highest BCUT2D eigenvalue weighted by Crippen LogP contribution is 2.16. The van der Waals surface area contributed by atoms with Gasteiger partial charge in [0.1, 0.15) is 12.4 Å². The molecule has 2 aromatic rings. The van der Waals surface area contributed by atoms with E-state index in [1.807, 2.05) is 18.2 Å². The molecule has 0 fully saturated rings. The van der Waals surface area contributed by atoms with Crippen LogP contribution in [0.3, 0.4) is 0 Å². The van der Waals surface area contributed by atoms with E-state index in [-0.39, 0.29) is 19.1 Å². The number of carbonyl (C=O) groups is 1. The Labute approximate surface area is 128 Å². The molecule has 0 aliphatic rings. The number of nitrogens with one attached hydrogen (secondary N) is 1. The van der Waals surface area contributed by atoms with Crippen molar-refractivity contribution >= 4 is 5.91 Å². The number of benzene rings is 2. The number of aliphatic hydroxyl groups excluding tert-OH is 1. The van der Waals surface area contributed by atoms with E-state index < -0.39 is 0 Å². The number of ether oxygens (including phenoxy) is 1. The number of aliphatic hydroxyl groups is 1. The van der Waals surface area contributed by atoms with Gasteiger partial charge in [-0.2, -0.15) is 5.26 Å². The molecule has 0 saturated heterocycles. The molecule has 0 aromatic heterocycles. The van der Waals surface area contributed by atoms with E-state index in [1.54, 1.807) is 30.3 Å². The minimum atomic E-state index is -0.240. The second kappa shape index (κ2) is 7.81. The summed E-state index contributed by atoms with van der Waals surface area (Å²) in [6.45, 7) is 0.424. The summed E-state index contributed by atoms with van der Waals surface area (Å²) >= 11 is 0. The standard InChI is InChI=1S/C17H16N2O3/c18-11-14-3-1-2-4-15(14)12-22-16-7-5-13(6-8-16)17(21)19-9-10-20/h1-8,20H,9-10,12H2,(H,19,21). The third-order valence-corrected chi connectivity index (χ3v) is 3.05. The first-order chi connectivity index (χ1) is 10.7. The molecule has 2 N–H and O–H groups in total. The molecule has 5 nitrogen and oxygen atoms in total. The predicted molar refractivity (Wildman–Crippen MR) is 81.4 cm³/mol. The van der Waals surface area contributed by atoms with Crippen LogP contribution in [0.15, 0.2) is 48.5 Å². The average molecular weight is 296 g/mol. The van der Waals surface area contributed by atoms with E-state index in [4.69, 9.17) is 15.1 Å². The molecular formula is C17H16N2O3. The first kappa shape index (κ1) is 15.5. The Morgan fingerprint density at radius 2 is 1.91 bits per heavy atom. The molecule has 112 valence electrons. The van der Waals surface area contributed by atoms with Gasteiger partial charge in [-0.15, -0.1) is 0 Å². The summed E-state index contributed by atoms with van der Waals surface area (Å²) in [5.41, 5.74) is 1.90. The van der Waals surface area contributed by atoms with Gasteiger partial charge in [0.2, 0.25) is 0 Å². The summed E-state index contributed by atoms with van der Waals surface area (Å²) < 4.78 is 5.63. The summed E-state index contributed by atoms with van der Waals surface area (Å²) in [5, 5.41) is 20.3. The van der Waals surface area contributed by atoms with E-state index in [0.717, 1.165) is 5.56 Å². The largest absolute Gasteiger partial charge is 0.489 e. The molecule has 22 heavy (non-hydrogen) atoms. The van der Waals surface area contributed by atoms with Gasteiger partial charge in [-0.05, 0) is 30.3 Å². The van der Waals surface area contributed by atoms with Gasteiger partial charge in [0, 0.05) is 17.7 Å². The molecule has 0 aliphatic heterocycles. The zero-order chi connectivity index (χ0) is 15.8. The van der Waals surface area contributed by atoms with Crippen molar-refractivity contribution < 1.29 is 14.6 Å². The third kappa shape index (κ3) is 4.08. The van der Waals surface area contributed by atoms with E-state index >= 15 is 0 Å². The minimum absolute atomic E-state index is 0.0920. The van der Waals surface area contributed by atoms with E-state index in [1.165, 1.54) is 0 Å². The lowest BCUT2D eigenvalue weighted by molar-refractivity contribution is 0.0944. The van der Waals surface area contributed by atoms with Gasteiger partial charge in [0.05, 0.1) is 18.2 Å². The lowest BCUT2D eigenvalue weighted by atomic mass is 10.1. The van der Waals surface area contributed by atoms with E-state index in [9.17, 15) is 4.79 Å². The van der Waals surface area contributed by atoms with E-state index in [0.29, 0.717) is 23.5 Å². The Hall–Kier alpha value is -2.84. The Kier molecular flexibility index (Phi) is 5.52. The zero-order valence-corrected chi connectivity index (χ0v) is 12.0. The Balaban J connectivity index is 1.97. The number of nitrogens with zero attached hydrogens (tertiary/aromatic N) is 1. The topological polar surface area (TPSA) is 82.3 Å². The SMILES string of the molecule is N#Cc1ccccc1COc1ccc(C(=O)NCCO)cc1. The van der Waals surface area contributed by atoms with Crippen LogP contribution in [0.4, 0.5) is 0 Å². The Morgan fingerprint density at radius 1 is 1.18 bits per heavy atom. The maximum absolute atomic E-state index is 11.7. The van der Waals surface area contributed by atoms with Gasteiger partial charge in [0.15, 0.2) is 0 Å². The Bertz CT molecular complexity index is 675. The molecule has 0 bridgehead atoms. The van der Waals surface area contributed by atoms with Gasteiger partial charge < -0.3 is 15.2 Å². The van der Waals surface area contributed by atoms with Crippen molar-refractivity contribution in [3.8, 4) is 11.8 Å². The van der Waals surface area contributed by atoms with Gasteiger partial charge in [-0.1, -0.05) is 18.2 Å². The van der Waals surface area contributed by atoms with Gasteiger partial charge >= 0.3 is 0 Å². The quantitative estimate of drug-likeness (QED) is 0.852. The fourth-order valence-electron chi connectivity index (χ4n) is 1.89. The summed E-state index contributed by atoms with van der Waals surface area (Å²) in [7, 11) is 0. The average Bonchev–Trinajstić information content (AvgIpc) is 2.58. The lowest BCUT2D eigenvalue weighted by Gasteiger charge is -2.08. The second-order valence-corrected chi connectivity index (χ2v) is 4.56. The number of amides is 1. The first-order valence-corrected chi connectivity index (χ1v) is 6.84. The van der Waals surface area contributed by atoms with Crippen LogP contribution in [0, 0.1) is 11.3 Å². The number of nitriles is 1. The fraction of sp³-hybridized carbons (Fsp3) is 0.176. The summed E-state index contributed by atoms with van der Waals surface area (Å²) in [4.78, 5) is 11.7. The van der Waals surface area contributed by atoms with Crippen LogP contribution in [0.1, 0.15) is 21.5 Å². The van der Waals surface area contributed by atoms with Crippen molar-refractivity contribution in [2.75, 3.05) is 13.2 Å². The smallest absolute Gasteiger partial charge is 0.251 e. The Morgan fingerprint density at radius 3 is 2.59 bits per heavy atom. The molecule has 0 radical (unpaired) electrons. The molecule has 5 heteroatoms. The van der Waals surface area contributed by atoms with E-state index in [2.05, 4.69) is 11.4 Å². The van der Waals surface area contributed by atoms with Gasteiger partial charge in [0.25, 0.3) is 5.91 Å². The van der Waals surface area contributed by atoms with Crippen molar-refractivity contribution in [1.82, 2.24) is 5.32 Å². The highest BCUT2D eigenvalue weighted by Gasteiger charge is 2.05. The molecule has 0 unspecified atom stereocenters. The molecule has 1 amide bonds. The minimum Gasteiger partial charge on any atom is -0.489 e. The maximum Gasteiger partial charge on any atom is 0.251 e. The van der Waals surface area contributed by atoms with Crippen molar-refractivity contribution in [3.05, 3.63) is 65.2 Å². The lowest BCUT2D eigenvalue weighted by Crippen LogP contribution is -2.26. The predicted octanol–water partition coefficient (Wildman–Crippen LogP) is 1.86. The first-order valence-electron chi connectivity index (χ1n) is 6.84. The summed E-state index contributed by atoms with van der Waals surface area (Å²) in [6, 6.07) is 16.1. The van der Waals surface area contributed by atoms with Crippen molar-refractivity contribution in [2.45, 2.75) is 6.61 Å². The zero-order valence-electron chi connectivity index (χ0n) is 12.0.